The Morgan fingerprint density at radius 1 is 1.24 bits per heavy atom. The number of methoxy groups -OCH3 is 1. The number of benzene rings is 1. The summed E-state index contributed by atoms with van der Waals surface area (Å²) in [4.78, 5) is 26.8. The normalized spacial score (nSPS) is 15.4. The number of nitrogens with one attached hydrogen (secondary N) is 2. The molecule has 1 atom stereocenters. The summed E-state index contributed by atoms with van der Waals surface area (Å²) >= 11 is 6.95. The van der Waals surface area contributed by atoms with Gasteiger partial charge in [-0.1, -0.05) is 39.3 Å². The van der Waals surface area contributed by atoms with Gasteiger partial charge in [0, 0.05) is 4.88 Å². The monoisotopic (exact) mass is 488 g/mol. The summed E-state index contributed by atoms with van der Waals surface area (Å²) in [6.45, 7) is 8.93. The number of hydrogen-bond acceptors (Lipinski definition) is 6. The molecule has 1 aliphatic carbocycles. The molecule has 0 saturated carbocycles. The number of ether oxygens (including phenoxy) is 2. The lowest BCUT2D eigenvalue weighted by Gasteiger charge is -2.36. The highest BCUT2D eigenvalue weighted by Gasteiger charge is 2.35. The molecule has 1 amide bonds. The van der Waals surface area contributed by atoms with Gasteiger partial charge in [-0.05, 0) is 67.4 Å². The van der Waals surface area contributed by atoms with Gasteiger partial charge in [0.25, 0.3) is 5.91 Å². The number of amides is 1. The number of esters is 1. The number of rotatable bonds is 7. The number of carbonyl (C=O) groups is 2. The molecule has 0 saturated heterocycles. The molecule has 0 bridgehead atoms. The maximum atomic E-state index is 12.8. The summed E-state index contributed by atoms with van der Waals surface area (Å²) < 4.78 is 10.6. The van der Waals surface area contributed by atoms with Gasteiger partial charge < -0.3 is 14.8 Å². The van der Waals surface area contributed by atoms with Crippen LogP contribution in [-0.4, -0.2) is 30.7 Å². The molecule has 6 nitrogen and oxygen atoms in total. The summed E-state index contributed by atoms with van der Waals surface area (Å²) in [5, 5.41) is 6.53. The molecule has 1 aromatic heterocycles. The van der Waals surface area contributed by atoms with Crippen LogP contribution in [0.5, 0.6) is 5.75 Å². The minimum absolute atomic E-state index is 0.125. The van der Waals surface area contributed by atoms with E-state index >= 15 is 0 Å². The van der Waals surface area contributed by atoms with Gasteiger partial charge in [-0.3, -0.25) is 10.1 Å². The standard InChI is InChI=1S/C25H32N2O4S2/c1-6-25(3,4)15-12-13-17-19(14-15)33-22(20(17)23(29)31-7-2)27-24(32)26-21(28)16-10-8-9-11-18(16)30-5/h8-11,15H,6-7,12-14H2,1-5H3,(H2,26,27,28,32). The first-order valence-electron chi connectivity index (χ1n) is 11.3. The maximum Gasteiger partial charge on any atom is 0.341 e. The van der Waals surface area contributed by atoms with Crippen molar-refractivity contribution >= 4 is 45.5 Å². The van der Waals surface area contributed by atoms with Crippen molar-refractivity contribution in [3.05, 3.63) is 45.8 Å². The number of anilines is 1. The summed E-state index contributed by atoms with van der Waals surface area (Å²) in [5.74, 6) is 0.271. The van der Waals surface area contributed by atoms with Crippen LogP contribution in [0.2, 0.25) is 0 Å². The number of thiophene rings is 1. The molecule has 0 aliphatic heterocycles. The lowest BCUT2D eigenvalue weighted by Crippen LogP contribution is -2.34. The third-order valence-corrected chi connectivity index (χ3v) is 7.94. The van der Waals surface area contributed by atoms with Crippen molar-refractivity contribution in [1.29, 1.82) is 0 Å². The zero-order valence-corrected chi connectivity index (χ0v) is 21.5. The third-order valence-electron chi connectivity index (χ3n) is 6.57. The predicted octanol–water partition coefficient (Wildman–Crippen LogP) is 5.60. The zero-order valence-electron chi connectivity index (χ0n) is 19.9. The molecule has 2 N–H and O–H groups in total. The molecular weight excluding hydrogens is 456 g/mol. The van der Waals surface area contributed by atoms with E-state index in [1.807, 2.05) is 0 Å². The van der Waals surface area contributed by atoms with Gasteiger partial charge in [0.1, 0.15) is 10.8 Å². The third kappa shape index (κ3) is 5.55. The van der Waals surface area contributed by atoms with Crippen LogP contribution in [0.4, 0.5) is 5.00 Å². The minimum Gasteiger partial charge on any atom is -0.496 e. The Kier molecular flexibility index (Phi) is 8.13. The van der Waals surface area contributed by atoms with Crippen molar-refractivity contribution in [3.8, 4) is 5.75 Å². The number of hydrogen-bond donors (Lipinski definition) is 2. The van der Waals surface area contributed by atoms with Gasteiger partial charge >= 0.3 is 5.97 Å². The van der Waals surface area contributed by atoms with Crippen molar-refractivity contribution in [1.82, 2.24) is 5.32 Å². The van der Waals surface area contributed by atoms with Crippen LogP contribution in [0.1, 0.15) is 71.7 Å². The quantitative estimate of drug-likeness (QED) is 0.390. The van der Waals surface area contributed by atoms with E-state index in [0.717, 1.165) is 31.2 Å². The number of carbonyl (C=O) groups excluding carboxylic acids is 2. The molecule has 1 heterocycles. The number of fused-ring (bicyclic) bond motifs is 1. The Morgan fingerprint density at radius 3 is 2.64 bits per heavy atom. The van der Waals surface area contributed by atoms with Gasteiger partial charge in [-0.25, -0.2) is 4.79 Å². The van der Waals surface area contributed by atoms with E-state index in [1.54, 1.807) is 31.2 Å². The van der Waals surface area contributed by atoms with E-state index in [-0.39, 0.29) is 22.4 Å². The van der Waals surface area contributed by atoms with Gasteiger partial charge in [0.05, 0.1) is 24.8 Å². The molecule has 3 rings (SSSR count). The van der Waals surface area contributed by atoms with Crippen LogP contribution in [0, 0.1) is 11.3 Å². The molecule has 0 fully saturated rings. The molecule has 2 aromatic rings. The van der Waals surface area contributed by atoms with E-state index in [2.05, 4.69) is 31.4 Å². The molecule has 1 unspecified atom stereocenters. The first-order valence-corrected chi connectivity index (χ1v) is 12.5. The fourth-order valence-electron chi connectivity index (χ4n) is 4.19. The first-order chi connectivity index (χ1) is 15.7. The van der Waals surface area contributed by atoms with E-state index < -0.39 is 0 Å². The summed E-state index contributed by atoms with van der Waals surface area (Å²) in [5.41, 5.74) is 2.20. The lowest BCUT2D eigenvalue weighted by molar-refractivity contribution is 0.0526. The zero-order chi connectivity index (χ0) is 24.2. The van der Waals surface area contributed by atoms with Gasteiger partial charge in [-0.2, -0.15) is 0 Å². The van der Waals surface area contributed by atoms with Crippen LogP contribution in [0.15, 0.2) is 24.3 Å². The molecule has 1 aliphatic rings. The minimum atomic E-state index is -0.381. The molecular formula is C25H32N2O4S2. The molecule has 1 aromatic carbocycles. The smallest absolute Gasteiger partial charge is 0.341 e. The molecule has 0 spiro atoms. The van der Waals surface area contributed by atoms with Crippen LogP contribution in [-0.2, 0) is 17.6 Å². The van der Waals surface area contributed by atoms with Crippen LogP contribution < -0.4 is 15.4 Å². The maximum absolute atomic E-state index is 12.8. The van der Waals surface area contributed by atoms with E-state index in [0.29, 0.717) is 34.4 Å². The second kappa shape index (κ2) is 10.7. The number of para-hydroxylation sites is 1. The second-order valence-electron chi connectivity index (χ2n) is 8.82. The summed E-state index contributed by atoms with van der Waals surface area (Å²) in [7, 11) is 1.51. The molecule has 0 radical (unpaired) electrons. The second-order valence-corrected chi connectivity index (χ2v) is 10.3. The Labute approximate surface area is 205 Å². The number of thiocarbonyl (C=S) groups is 1. The fraction of sp³-hybridized carbons (Fsp3) is 0.480. The Hall–Kier alpha value is -2.45. The van der Waals surface area contributed by atoms with E-state index in [1.165, 1.54) is 23.3 Å². The summed E-state index contributed by atoms with van der Waals surface area (Å²) in [6.07, 6.45) is 3.89. The average Bonchev–Trinajstić information content (AvgIpc) is 3.15. The molecule has 8 heteroatoms. The molecule has 33 heavy (non-hydrogen) atoms. The van der Waals surface area contributed by atoms with Gasteiger partial charge in [-0.15, -0.1) is 11.3 Å². The van der Waals surface area contributed by atoms with Gasteiger partial charge in [0.2, 0.25) is 0 Å². The van der Waals surface area contributed by atoms with E-state index in [4.69, 9.17) is 21.7 Å². The highest BCUT2D eigenvalue weighted by Crippen LogP contribution is 2.45. The first kappa shape index (κ1) is 25.2. The highest BCUT2D eigenvalue weighted by atomic mass is 32.1. The van der Waals surface area contributed by atoms with Crippen LogP contribution in [0.3, 0.4) is 0 Å². The SMILES string of the molecule is CCOC(=O)c1c(NC(=S)NC(=O)c2ccccc2OC)sc2c1CCC(C(C)(C)CC)C2. The van der Waals surface area contributed by atoms with Crippen LogP contribution in [0.25, 0.3) is 0 Å². The summed E-state index contributed by atoms with van der Waals surface area (Å²) in [6, 6.07) is 6.93. The molecule has 178 valence electrons. The largest absolute Gasteiger partial charge is 0.496 e. The van der Waals surface area contributed by atoms with Crippen molar-refractivity contribution in [2.45, 2.75) is 53.4 Å². The Morgan fingerprint density at radius 2 is 1.97 bits per heavy atom. The average molecular weight is 489 g/mol. The predicted molar refractivity (Wildman–Crippen MR) is 137 cm³/mol. The Balaban J connectivity index is 1.84. The Bertz CT molecular complexity index is 1050. The van der Waals surface area contributed by atoms with Crippen LogP contribution >= 0.6 is 23.6 Å². The van der Waals surface area contributed by atoms with Crippen molar-refractivity contribution in [3.63, 3.8) is 0 Å². The van der Waals surface area contributed by atoms with Crippen molar-refractivity contribution < 1.29 is 19.1 Å². The fourth-order valence-corrected chi connectivity index (χ4v) is 5.77. The van der Waals surface area contributed by atoms with E-state index in [9.17, 15) is 9.59 Å². The van der Waals surface area contributed by atoms with Crippen molar-refractivity contribution in [2.75, 3.05) is 19.0 Å². The topological polar surface area (TPSA) is 76.7 Å². The van der Waals surface area contributed by atoms with Gasteiger partial charge in [0.15, 0.2) is 5.11 Å². The lowest BCUT2D eigenvalue weighted by atomic mass is 9.69. The highest BCUT2D eigenvalue weighted by molar-refractivity contribution is 7.80. The van der Waals surface area contributed by atoms with Crippen molar-refractivity contribution in [2.24, 2.45) is 11.3 Å².